The van der Waals surface area contributed by atoms with E-state index in [1.165, 1.54) is 18.2 Å². The molecule has 0 aromatic heterocycles. The Bertz CT molecular complexity index is 740. The van der Waals surface area contributed by atoms with Crippen molar-refractivity contribution in [3.05, 3.63) is 53.0 Å². The van der Waals surface area contributed by atoms with Crippen molar-refractivity contribution < 1.29 is 25.8 Å². The van der Waals surface area contributed by atoms with Crippen LogP contribution in [0.5, 0.6) is 5.75 Å². The maximum Gasteiger partial charge on any atom is 0.534 e. The molecule has 0 saturated carbocycles. The molecule has 21 heavy (non-hydrogen) atoms. The third-order valence-electron chi connectivity index (χ3n) is 2.53. The van der Waals surface area contributed by atoms with Crippen molar-refractivity contribution in [2.75, 3.05) is 0 Å². The molecule has 0 spiro atoms. The minimum atomic E-state index is -5.70. The van der Waals surface area contributed by atoms with E-state index in [0.29, 0.717) is 5.56 Å². The fraction of sp³-hybridized carbons (Fsp3) is 0.0769. The smallest absolute Gasteiger partial charge is 0.375 e. The summed E-state index contributed by atoms with van der Waals surface area (Å²) in [6.45, 7) is 0. The number of hydrogen-bond donors (Lipinski definition) is 0. The van der Waals surface area contributed by atoms with Crippen molar-refractivity contribution in [1.29, 1.82) is 0 Å². The Kier molecular flexibility index (Phi) is 4.29. The number of hydrogen-bond acceptors (Lipinski definition) is 3. The van der Waals surface area contributed by atoms with Crippen LogP contribution in [0.4, 0.5) is 13.2 Å². The van der Waals surface area contributed by atoms with E-state index in [2.05, 4.69) is 20.1 Å². The summed E-state index contributed by atoms with van der Waals surface area (Å²) in [4.78, 5) is 0. The van der Waals surface area contributed by atoms with Crippen LogP contribution in [-0.4, -0.2) is 13.9 Å². The zero-order valence-corrected chi connectivity index (χ0v) is 12.7. The van der Waals surface area contributed by atoms with Crippen molar-refractivity contribution in [1.82, 2.24) is 0 Å². The third-order valence-corrected chi connectivity index (χ3v) is 4.02. The highest BCUT2D eigenvalue weighted by Gasteiger charge is 2.48. The SMILES string of the molecule is O=S(=O)(Oc1ccccc1-c1ccc(Br)cc1)C(F)(F)F. The average molecular weight is 381 g/mol. The lowest BCUT2D eigenvalue weighted by molar-refractivity contribution is -0.0499. The predicted octanol–water partition coefficient (Wildman–Crippen LogP) is 4.34. The molecular weight excluding hydrogens is 373 g/mol. The maximum atomic E-state index is 12.4. The molecule has 2 aromatic carbocycles. The minimum absolute atomic E-state index is 0.248. The highest BCUT2D eigenvalue weighted by Crippen LogP contribution is 2.34. The van der Waals surface area contributed by atoms with Crippen molar-refractivity contribution >= 4 is 26.0 Å². The summed E-state index contributed by atoms with van der Waals surface area (Å²) < 4.78 is 64.4. The second-order valence-corrected chi connectivity index (χ2v) is 6.44. The van der Waals surface area contributed by atoms with Gasteiger partial charge >= 0.3 is 15.6 Å². The molecule has 0 aliphatic carbocycles. The molecule has 8 heteroatoms. The zero-order chi connectivity index (χ0) is 15.7. The van der Waals surface area contributed by atoms with Crippen molar-refractivity contribution in [3.8, 4) is 16.9 Å². The molecule has 0 aliphatic rings. The lowest BCUT2D eigenvalue weighted by Crippen LogP contribution is -2.28. The van der Waals surface area contributed by atoms with Gasteiger partial charge in [0.1, 0.15) is 0 Å². The molecule has 0 radical (unpaired) electrons. The van der Waals surface area contributed by atoms with Crippen LogP contribution in [-0.2, 0) is 10.1 Å². The lowest BCUT2D eigenvalue weighted by Gasteiger charge is -2.13. The Morgan fingerprint density at radius 1 is 0.952 bits per heavy atom. The van der Waals surface area contributed by atoms with Crippen LogP contribution in [0.25, 0.3) is 11.1 Å². The Morgan fingerprint density at radius 3 is 2.10 bits per heavy atom. The summed E-state index contributed by atoms with van der Waals surface area (Å²) in [6.07, 6.45) is 0. The van der Waals surface area contributed by atoms with E-state index < -0.39 is 15.6 Å². The Balaban J connectivity index is 2.45. The summed E-state index contributed by atoms with van der Waals surface area (Å²) in [5.41, 5.74) is -4.69. The summed E-state index contributed by atoms with van der Waals surface area (Å²) in [7, 11) is -5.70. The molecule has 0 saturated heterocycles. The summed E-state index contributed by atoms with van der Waals surface area (Å²) in [5, 5.41) is 0. The monoisotopic (exact) mass is 380 g/mol. The molecule has 0 fully saturated rings. The second kappa shape index (κ2) is 5.69. The summed E-state index contributed by atoms with van der Waals surface area (Å²) in [5.74, 6) is -0.378. The van der Waals surface area contributed by atoms with Crippen LogP contribution >= 0.6 is 15.9 Å². The largest absolute Gasteiger partial charge is 0.534 e. The van der Waals surface area contributed by atoms with Gasteiger partial charge in [0.25, 0.3) is 0 Å². The van der Waals surface area contributed by atoms with Gasteiger partial charge in [-0.3, -0.25) is 0 Å². The highest BCUT2D eigenvalue weighted by atomic mass is 79.9. The Hall–Kier alpha value is -1.54. The van der Waals surface area contributed by atoms with Crippen LogP contribution in [0.1, 0.15) is 0 Å². The van der Waals surface area contributed by atoms with E-state index in [4.69, 9.17) is 0 Å². The van der Waals surface area contributed by atoms with Gasteiger partial charge < -0.3 is 4.18 Å². The Morgan fingerprint density at radius 2 is 1.52 bits per heavy atom. The van der Waals surface area contributed by atoms with Gasteiger partial charge in [-0.2, -0.15) is 21.6 Å². The van der Waals surface area contributed by atoms with Gasteiger partial charge in [0, 0.05) is 10.0 Å². The molecule has 2 rings (SSSR count). The van der Waals surface area contributed by atoms with Crippen LogP contribution in [0.15, 0.2) is 53.0 Å². The van der Waals surface area contributed by atoms with Crippen molar-refractivity contribution in [2.45, 2.75) is 5.51 Å². The first kappa shape index (κ1) is 15.8. The van der Waals surface area contributed by atoms with Gasteiger partial charge in [-0.15, -0.1) is 0 Å². The minimum Gasteiger partial charge on any atom is -0.375 e. The lowest BCUT2D eigenvalue weighted by atomic mass is 10.1. The van der Waals surface area contributed by atoms with Crippen LogP contribution in [0.3, 0.4) is 0 Å². The molecular formula is C13H8BrF3O3S. The van der Waals surface area contributed by atoms with Gasteiger partial charge in [-0.1, -0.05) is 46.3 Å². The third kappa shape index (κ3) is 3.56. The molecule has 0 N–H and O–H groups in total. The van der Waals surface area contributed by atoms with Gasteiger partial charge in [-0.25, -0.2) is 0 Å². The molecule has 3 nitrogen and oxygen atoms in total. The van der Waals surface area contributed by atoms with E-state index in [-0.39, 0.29) is 11.3 Å². The van der Waals surface area contributed by atoms with Gasteiger partial charge in [0.2, 0.25) is 0 Å². The van der Waals surface area contributed by atoms with E-state index >= 15 is 0 Å². The molecule has 112 valence electrons. The van der Waals surface area contributed by atoms with Gasteiger partial charge in [0.05, 0.1) is 0 Å². The predicted molar refractivity (Wildman–Crippen MR) is 75.2 cm³/mol. The molecule has 0 bridgehead atoms. The van der Waals surface area contributed by atoms with E-state index in [0.717, 1.165) is 4.47 Å². The Labute approximate surface area is 127 Å². The normalized spacial score (nSPS) is 12.2. The van der Waals surface area contributed by atoms with Crippen LogP contribution in [0, 0.1) is 0 Å². The molecule has 0 unspecified atom stereocenters. The van der Waals surface area contributed by atoms with Crippen molar-refractivity contribution in [2.24, 2.45) is 0 Å². The van der Waals surface area contributed by atoms with E-state index in [9.17, 15) is 21.6 Å². The second-order valence-electron chi connectivity index (χ2n) is 3.99. The number of rotatable bonds is 3. The summed E-state index contributed by atoms with van der Waals surface area (Å²) in [6, 6.07) is 12.2. The standard InChI is InChI=1S/C13H8BrF3O3S/c14-10-7-5-9(6-8-10)11-3-1-2-4-12(11)20-21(18,19)13(15,16)17/h1-8H. The topological polar surface area (TPSA) is 43.4 Å². The molecule has 2 aromatic rings. The average Bonchev–Trinajstić information content (AvgIpc) is 2.39. The fourth-order valence-corrected chi connectivity index (χ4v) is 2.31. The van der Waals surface area contributed by atoms with Crippen LogP contribution in [0.2, 0.25) is 0 Å². The van der Waals surface area contributed by atoms with E-state index in [1.54, 1.807) is 30.3 Å². The van der Waals surface area contributed by atoms with Gasteiger partial charge in [-0.05, 0) is 23.8 Å². The fourth-order valence-electron chi connectivity index (χ4n) is 1.57. The first-order valence-corrected chi connectivity index (χ1v) is 7.76. The molecule has 0 heterocycles. The van der Waals surface area contributed by atoms with Crippen LogP contribution < -0.4 is 4.18 Å². The highest BCUT2D eigenvalue weighted by molar-refractivity contribution is 9.10. The number of alkyl halides is 3. The first-order valence-electron chi connectivity index (χ1n) is 5.56. The first-order chi connectivity index (χ1) is 9.71. The quantitative estimate of drug-likeness (QED) is 0.587. The summed E-state index contributed by atoms with van der Waals surface area (Å²) >= 11 is 3.24. The van der Waals surface area contributed by atoms with E-state index in [1.807, 2.05) is 0 Å². The number of halogens is 4. The van der Waals surface area contributed by atoms with Crippen molar-refractivity contribution in [3.63, 3.8) is 0 Å². The zero-order valence-electron chi connectivity index (χ0n) is 10.3. The molecule has 0 aliphatic heterocycles. The number of benzene rings is 2. The number of para-hydroxylation sites is 1. The van der Waals surface area contributed by atoms with Gasteiger partial charge in [0.15, 0.2) is 5.75 Å². The molecule has 0 atom stereocenters. The molecule has 0 amide bonds. The maximum absolute atomic E-state index is 12.4.